The number of amides is 1. The van der Waals surface area contributed by atoms with Crippen LogP contribution in [0.15, 0.2) is 60.7 Å². The molecule has 1 fully saturated rings. The Hall–Kier alpha value is -3.61. The van der Waals surface area contributed by atoms with Gasteiger partial charge in [0, 0.05) is 18.5 Å². The first-order valence-corrected chi connectivity index (χ1v) is 10.8. The molecule has 7 heteroatoms. The Morgan fingerprint density at radius 1 is 1.10 bits per heavy atom. The molecule has 2 aromatic carbocycles. The number of imidazole rings is 1. The summed E-state index contributed by atoms with van der Waals surface area (Å²) in [4.78, 5) is 17.4. The SMILES string of the molecule is Nc1cc(CCCNC(=O)Cn2c(C3CC3)nc3ccccc32)nn1-c1ccccc1. The molecular weight excluding hydrogens is 388 g/mol. The number of anilines is 1. The van der Waals surface area contributed by atoms with Crippen LogP contribution in [0.3, 0.4) is 0 Å². The highest BCUT2D eigenvalue weighted by molar-refractivity contribution is 5.81. The molecule has 3 N–H and O–H groups in total. The third kappa shape index (κ3) is 4.17. The molecule has 1 amide bonds. The molecule has 158 valence electrons. The number of para-hydroxylation sites is 3. The lowest BCUT2D eigenvalue weighted by atomic mass is 10.2. The number of carbonyl (C=O) groups excluding carboxylic acids is 1. The van der Waals surface area contributed by atoms with Crippen LogP contribution in [-0.4, -0.2) is 31.8 Å². The van der Waals surface area contributed by atoms with E-state index in [9.17, 15) is 4.79 Å². The molecule has 7 nitrogen and oxygen atoms in total. The van der Waals surface area contributed by atoms with Gasteiger partial charge in [-0.2, -0.15) is 5.10 Å². The van der Waals surface area contributed by atoms with Crippen molar-refractivity contribution in [2.24, 2.45) is 0 Å². The second-order valence-electron chi connectivity index (χ2n) is 8.08. The maximum atomic E-state index is 12.6. The molecule has 0 radical (unpaired) electrons. The second-order valence-corrected chi connectivity index (χ2v) is 8.08. The van der Waals surface area contributed by atoms with Gasteiger partial charge in [0.05, 0.1) is 22.4 Å². The lowest BCUT2D eigenvalue weighted by molar-refractivity contribution is -0.121. The second kappa shape index (κ2) is 8.26. The van der Waals surface area contributed by atoms with Crippen LogP contribution in [0.5, 0.6) is 0 Å². The van der Waals surface area contributed by atoms with Crippen molar-refractivity contribution in [1.82, 2.24) is 24.6 Å². The molecule has 0 saturated heterocycles. The van der Waals surface area contributed by atoms with Crippen molar-refractivity contribution in [3.8, 4) is 5.69 Å². The van der Waals surface area contributed by atoms with E-state index in [1.807, 2.05) is 60.7 Å². The highest BCUT2D eigenvalue weighted by Crippen LogP contribution is 2.40. The topological polar surface area (TPSA) is 90.8 Å². The van der Waals surface area contributed by atoms with Crippen LogP contribution in [0.25, 0.3) is 16.7 Å². The minimum Gasteiger partial charge on any atom is -0.384 e. The zero-order valence-electron chi connectivity index (χ0n) is 17.4. The van der Waals surface area contributed by atoms with Crippen molar-refractivity contribution in [3.63, 3.8) is 0 Å². The van der Waals surface area contributed by atoms with E-state index in [2.05, 4.69) is 15.0 Å². The van der Waals surface area contributed by atoms with Crippen LogP contribution in [0.2, 0.25) is 0 Å². The van der Waals surface area contributed by atoms with Gasteiger partial charge in [0.25, 0.3) is 0 Å². The number of rotatable bonds is 8. The average molecular weight is 415 g/mol. The highest BCUT2D eigenvalue weighted by atomic mass is 16.1. The molecule has 31 heavy (non-hydrogen) atoms. The Morgan fingerprint density at radius 3 is 2.68 bits per heavy atom. The van der Waals surface area contributed by atoms with Gasteiger partial charge in [0.2, 0.25) is 5.91 Å². The quantitative estimate of drug-likeness (QED) is 0.432. The van der Waals surface area contributed by atoms with Gasteiger partial charge < -0.3 is 15.6 Å². The molecule has 0 atom stereocenters. The van der Waals surface area contributed by atoms with E-state index >= 15 is 0 Å². The Labute approximate surface area is 180 Å². The van der Waals surface area contributed by atoms with Crippen molar-refractivity contribution < 1.29 is 4.79 Å². The zero-order chi connectivity index (χ0) is 21.2. The third-order valence-corrected chi connectivity index (χ3v) is 5.65. The number of aromatic nitrogens is 4. The van der Waals surface area contributed by atoms with Gasteiger partial charge in [-0.15, -0.1) is 0 Å². The largest absolute Gasteiger partial charge is 0.384 e. The molecule has 0 aliphatic heterocycles. The summed E-state index contributed by atoms with van der Waals surface area (Å²) in [6.07, 6.45) is 3.87. The number of hydrogen-bond acceptors (Lipinski definition) is 4. The molecule has 1 saturated carbocycles. The predicted molar refractivity (Wildman–Crippen MR) is 121 cm³/mol. The molecule has 0 bridgehead atoms. The third-order valence-electron chi connectivity index (χ3n) is 5.65. The fourth-order valence-corrected chi connectivity index (χ4v) is 3.96. The summed E-state index contributed by atoms with van der Waals surface area (Å²) in [6, 6.07) is 19.8. The molecule has 0 unspecified atom stereocenters. The van der Waals surface area contributed by atoms with Gasteiger partial charge in [0.15, 0.2) is 0 Å². The van der Waals surface area contributed by atoms with Crippen molar-refractivity contribution in [3.05, 3.63) is 72.2 Å². The van der Waals surface area contributed by atoms with E-state index in [4.69, 9.17) is 10.7 Å². The average Bonchev–Trinajstić information content (AvgIpc) is 3.48. The Morgan fingerprint density at radius 2 is 1.87 bits per heavy atom. The van der Waals surface area contributed by atoms with Gasteiger partial charge in [-0.1, -0.05) is 30.3 Å². The molecule has 4 aromatic rings. The number of nitrogens with zero attached hydrogens (tertiary/aromatic N) is 4. The fourth-order valence-electron chi connectivity index (χ4n) is 3.96. The van der Waals surface area contributed by atoms with E-state index in [0.29, 0.717) is 24.8 Å². The van der Waals surface area contributed by atoms with Gasteiger partial charge >= 0.3 is 0 Å². The lowest BCUT2D eigenvalue weighted by Gasteiger charge is -2.09. The predicted octanol–water partition coefficient (Wildman–Crippen LogP) is 3.43. The summed E-state index contributed by atoms with van der Waals surface area (Å²) in [5, 5.41) is 7.64. The van der Waals surface area contributed by atoms with Crippen molar-refractivity contribution in [1.29, 1.82) is 0 Å². The van der Waals surface area contributed by atoms with Crippen LogP contribution < -0.4 is 11.1 Å². The summed E-state index contributed by atoms with van der Waals surface area (Å²) in [5.74, 6) is 2.16. The monoisotopic (exact) mass is 414 g/mol. The number of fused-ring (bicyclic) bond motifs is 1. The highest BCUT2D eigenvalue weighted by Gasteiger charge is 2.30. The van der Waals surface area contributed by atoms with E-state index in [1.165, 1.54) is 0 Å². The number of nitrogens with two attached hydrogens (primary N) is 1. The summed E-state index contributed by atoms with van der Waals surface area (Å²) in [6.45, 7) is 0.907. The molecule has 2 heterocycles. The number of nitrogens with one attached hydrogen (secondary N) is 1. The first kappa shape index (κ1) is 19.4. The first-order chi connectivity index (χ1) is 15.2. The summed E-state index contributed by atoms with van der Waals surface area (Å²) < 4.78 is 3.82. The number of hydrogen-bond donors (Lipinski definition) is 2. The molecule has 0 spiro atoms. The first-order valence-electron chi connectivity index (χ1n) is 10.8. The van der Waals surface area contributed by atoms with Crippen LogP contribution in [0.1, 0.15) is 36.7 Å². The van der Waals surface area contributed by atoms with Gasteiger partial charge in [0.1, 0.15) is 18.2 Å². The standard InChI is InChI=1S/C24H26N6O/c25-22-15-18(28-30(22)19-8-2-1-3-9-19)7-6-14-26-23(31)16-29-21-11-5-4-10-20(21)27-24(29)17-12-13-17/h1-5,8-11,15,17H,6-7,12-14,16,25H2,(H,26,31). The van der Waals surface area contributed by atoms with Crippen LogP contribution >= 0.6 is 0 Å². The van der Waals surface area contributed by atoms with Crippen molar-refractivity contribution in [2.75, 3.05) is 12.3 Å². The molecule has 2 aromatic heterocycles. The van der Waals surface area contributed by atoms with Crippen molar-refractivity contribution >= 4 is 22.8 Å². The summed E-state index contributed by atoms with van der Waals surface area (Å²) in [7, 11) is 0. The van der Waals surface area contributed by atoms with E-state index < -0.39 is 0 Å². The normalized spacial score (nSPS) is 13.5. The molecule has 5 rings (SSSR count). The molecular formula is C24H26N6O. The lowest BCUT2D eigenvalue weighted by Crippen LogP contribution is -2.29. The van der Waals surface area contributed by atoms with E-state index in [-0.39, 0.29) is 5.91 Å². The van der Waals surface area contributed by atoms with Crippen LogP contribution in [0.4, 0.5) is 5.82 Å². The Kier molecular flexibility index (Phi) is 5.16. The Balaban J connectivity index is 1.17. The zero-order valence-corrected chi connectivity index (χ0v) is 17.4. The van der Waals surface area contributed by atoms with Gasteiger partial charge in [-0.05, 0) is 49.9 Å². The van der Waals surface area contributed by atoms with E-state index in [1.54, 1.807) is 4.68 Å². The number of aryl methyl sites for hydroxylation is 1. The van der Waals surface area contributed by atoms with Gasteiger partial charge in [-0.3, -0.25) is 4.79 Å². The number of carbonyl (C=O) groups is 1. The molecule has 1 aliphatic carbocycles. The summed E-state index contributed by atoms with van der Waals surface area (Å²) in [5.41, 5.74) is 9.97. The minimum atomic E-state index is 0.0133. The van der Waals surface area contributed by atoms with Crippen molar-refractivity contribution in [2.45, 2.75) is 38.1 Å². The summed E-state index contributed by atoms with van der Waals surface area (Å²) >= 11 is 0. The van der Waals surface area contributed by atoms with Crippen LogP contribution in [0, 0.1) is 0 Å². The number of nitrogen functional groups attached to an aromatic ring is 1. The maximum absolute atomic E-state index is 12.6. The minimum absolute atomic E-state index is 0.0133. The smallest absolute Gasteiger partial charge is 0.240 e. The fraction of sp³-hybridized carbons (Fsp3) is 0.292. The van der Waals surface area contributed by atoms with Crippen LogP contribution in [-0.2, 0) is 17.8 Å². The maximum Gasteiger partial charge on any atom is 0.240 e. The van der Waals surface area contributed by atoms with Gasteiger partial charge in [-0.25, -0.2) is 9.67 Å². The van der Waals surface area contributed by atoms with E-state index in [0.717, 1.165) is 53.9 Å². The molecule has 1 aliphatic rings. The number of benzene rings is 2. The Bertz CT molecular complexity index is 1210.